The van der Waals surface area contributed by atoms with E-state index < -0.39 is 16.3 Å². The minimum absolute atomic E-state index is 0.294. The van der Waals surface area contributed by atoms with Crippen LogP contribution >= 0.6 is 0 Å². The van der Waals surface area contributed by atoms with E-state index in [0.717, 1.165) is 0 Å². The number of hydrogen-bond acceptors (Lipinski definition) is 4. The van der Waals surface area contributed by atoms with Crippen molar-refractivity contribution in [1.82, 2.24) is 5.32 Å². The molecule has 1 aromatic rings. The van der Waals surface area contributed by atoms with Gasteiger partial charge in [0.05, 0.1) is 6.10 Å². The largest absolute Gasteiger partial charge is 0.387 e. The normalized spacial score (nSPS) is 13.6. The first-order valence-corrected chi connectivity index (χ1v) is 7.14. The summed E-state index contributed by atoms with van der Waals surface area (Å²) in [6.45, 7) is 4.43. The zero-order valence-electron chi connectivity index (χ0n) is 10.4. The number of aliphatic hydroxyl groups excluding tert-OH is 1. The van der Waals surface area contributed by atoms with Crippen LogP contribution in [0.2, 0.25) is 0 Å². The molecule has 0 amide bonds. The van der Waals surface area contributed by atoms with Crippen molar-refractivity contribution in [3.8, 4) is 0 Å². The first-order valence-electron chi connectivity index (χ1n) is 5.60. The molecular weight excluding hydrogens is 254 g/mol. The second kappa shape index (κ2) is 6.14. The lowest BCUT2D eigenvalue weighted by molar-refractivity contribution is 0.171. The highest BCUT2D eigenvalue weighted by molar-refractivity contribution is 7.90. The highest BCUT2D eigenvalue weighted by Gasteiger charge is 2.08. The van der Waals surface area contributed by atoms with Gasteiger partial charge in [0.15, 0.2) is 0 Å². The van der Waals surface area contributed by atoms with Gasteiger partial charge in [-0.25, -0.2) is 5.14 Å². The van der Waals surface area contributed by atoms with Gasteiger partial charge in [-0.2, -0.15) is 8.42 Å². The van der Waals surface area contributed by atoms with Gasteiger partial charge in [0.25, 0.3) is 10.2 Å². The molecule has 0 saturated carbocycles. The van der Waals surface area contributed by atoms with E-state index >= 15 is 0 Å². The molecule has 0 saturated heterocycles. The molecule has 0 radical (unpaired) electrons. The van der Waals surface area contributed by atoms with Crippen LogP contribution in [-0.2, 0) is 10.2 Å². The number of nitrogens with two attached hydrogens (primary N) is 1. The van der Waals surface area contributed by atoms with Gasteiger partial charge in [-0.15, -0.1) is 0 Å². The second-order valence-electron chi connectivity index (χ2n) is 4.35. The molecule has 0 aromatic heterocycles. The minimum atomic E-state index is -3.76. The lowest BCUT2D eigenvalue weighted by Gasteiger charge is -2.14. The van der Waals surface area contributed by atoms with Crippen LogP contribution < -0.4 is 15.2 Å². The molecule has 0 aliphatic heterocycles. The van der Waals surface area contributed by atoms with Crippen LogP contribution in [0.5, 0.6) is 0 Å². The Labute approximate surface area is 107 Å². The summed E-state index contributed by atoms with van der Waals surface area (Å²) in [5.41, 5.74) is 1.08. The quantitative estimate of drug-likeness (QED) is 0.599. The van der Waals surface area contributed by atoms with Crippen LogP contribution in [-0.4, -0.2) is 26.1 Å². The summed E-state index contributed by atoms with van der Waals surface area (Å²) in [6.07, 6.45) is -0.629. The van der Waals surface area contributed by atoms with Gasteiger partial charge in [-0.05, 0) is 17.7 Å². The second-order valence-corrected chi connectivity index (χ2v) is 5.64. The van der Waals surface area contributed by atoms with Crippen molar-refractivity contribution in [3.63, 3.8) is 0 Å². The summed E-state index contributed by atoms with van der Waals surface area (Å²) in [5, 5.41) is 17.8. The molecule has 0 aliphatic carbocycles. The van der Waals surface area contributed by atoms with Gasteiger partial charge in [0.1, 0.15) is 0 Å². The first kappa shape index (κ1) is 14.9. The molecule has 1 aromatic carbocycles. The fraction of sp³-hybridized carbons (Fsp3) is 0.455. The van der Waals surface area contributed by atoms with Crippen LogP contribution in [0.15, 0.2) is 24.3 Å². The summed E-state index contributed by atoms with van der Waals surface area (Å²) >= 11 is 0. The predicted molar refractivity (Wildman–Crippen MR) is 71.3 cm³/mol. The van der Waals surface area contributed by atoms with Crippen molar-refractivity contribution in [2.45, 2.75) is 26.0 Å². The maximum absolute atomic E-state index is 10.8. The molecule has 0 aliphatic rings. The maximum atomic E-state index is 10.8. The zero-order valence-corrected chi connectivity index (χ0v) is 11.2. The monoisotopic (exact) mass is 273 g/mol. The van der Waals surface area contributed by atoms with E-state index in [4.69, 9.17) is 5.14 Å². The van der Waals surface area contributed by atoms with E-state index in [1.807, 2.05) is 13.8 Å². The lowest BCUT2D eigenvalue weighted by Crippen LogP contribution is -2.27. The molecule has 1 atom stereocenters. The van der Waals surface area contributed by atoms with E-state index in [1.54, 1.807) is 24.3 Å². The van der Waals surface area contributed by atoms with Gasteiger partial charge < -0.3 is 10.4 Å². The summed E-state index contributed by atoms with van der Waals surface area (Å²) in [4.78, 5) is 0. The molecule has 5 N–H and O–H groups in total. The number of hydrogen-bond donors (Lipinski definition) is 4. The molecule has 1 rings (SSSR count). The van der Waals surface area contributed by atoms with E-state index in [9.17, 15) is 13.5 Å². The number of benzene rings is 1. The molecule has 0 heterocycles. The van der Waals surface area contributed by atoms with Crippen molar-refractivity contribution in [2.24, 2.45) is 5.14 Å². The summed E-state index contributed by atoms with van der Waals surface area (Å²) in [6, 6.07) is 6.71. The number of rotatable bonds is 6. The van der Waals surface area contributed by atoms with Gasteiger partial charge in [0, 0.05) is 18.3 Å². The molecule has 0 fully saturated rings. The first-order chi connectivity index (χ1) is 8.28. The third kappa shape index (κ3) is 5.46. The van der Waals surface area contributed by atoms with Gasteiger partial charge in [0.2, 0.25) is 0 Å². The molecule has 18 heavy (non-hydrogen) atoms. The van der Waals surface area contributed by atoms with Gasteiger partial charge in [-0.1, -0.05) is 26.0 Å². The standard InChI is InChI=1S/C11H19N3O3S/c1-8(2)13-7-11(15)9-3-5-10(6-4-9)14-18(12,16)17/h3-6,8,11,13-15H,7H2,1-2H3,(H2,12,16,17). The lowest BCUT2D eigenvalue weighted by atomic mass is 10.1. The molecule has 7 heteroatoms. The Morgan fingerprint density at radius 2 is 1.83 bits per heavy atom. The molecule has 0 bridgehead atoms. The highest BCUT2D eigenvalue weighted by atomic mass is 32.2. The molecule has 1 unspecified atom stereocenters. The van der Waals surface area contributed by atoms with E-state index in [2.05, 4.69) is 10.0 Å². The SMILES string of the molecule is CC(C)NCC(O)c1ccc(NS(N)(=O)=O)cc1. The number of aliphatic hydroxyl groups is 1. The number of anilines is 1. The molecule has 0 spiro atoms. The Hall–Kier alpha value is -1.15. The fourth-order valence-corrected chi connectivity index (χ4v) is 1.87. The van der Waals surface area contributed by atoms with Crippen LogP contribution in [0.4, 0.5) is 5.69 Å². The van der Waals surface area contributed by atoms with Crippen molar-refractivity contribution >= 4 is 15.9 Å². The number of nitrogens with one attached hydrogen (secondary N) is 2. The van der Waals surface area contributed by atoms with Crippen molar-refractivity contribution in [3.05, 3.63) is 29.8 Å². The Morgan fingerprint density at radius 1 is 1.28 bits per heavy atom. The van der Waals surface area contributed by atoms with E-state index in [-0.39, 0.29) is 0 Å². The Morgan fingerprint density at radius 3 is 2.28 bits per heavy atom. The maximum Gasteiger partial charge on any atom is 0.296 e. The summed E-state index contributed by atoms with van der Waals surface area (Å²) in [5.74, 6) is 0. The molecule has 6 nitrogen and oxygen atoms in total. The van der Waals surface area contributed by atoms with E-state index in [0.29, 0.717) is 23.8 Å². The summed E-state index contributed by atoms with van der Waals surface area (Å²) in [7, 11) is -3.76. The molecular formula is C11H19N3O3S. The third-order valence-corrected chi connectivity index (χ3v) is 2.80. The fourth-order valence-electron chi connectivity index (χ4n) is 1.40. The topological polar surface area (TPSA) is 104 Å². The van der Waals surface area contributed by atoms with Crippen molar-refractivity contribution < 1.29 is 13.5 Å². The smallest absolute Gasteiger partial charge is 0.296 e. The Kier molecular flexibility index (Phi) is 5.09. The summed E-state index contributed by atoms with van der Waals surface area (Å²) < 4.78 is 23.8. The van der Waals surface area contributed by atoms with Crippen LogP contribution in [0.3, 0.4) is 0 Å². The Bertz CT molecular complexity index is 471. The Balaban J connectivity index is 2.65. The zero-order chi connectivity index (χ0) is 13.8. The highest BCUT2D eigenvalue weighted by Crippen LogP contribution is 2.16. The van der Waals surface area contributed by atoms with E-state index in [1.165, 1.54) is 0 Å². The average molecular weight is 273 g/mol. The predicted octanol–water partition coefficient (Wildman–Crippen LogP) is 0.333. The van der Waals surface area contributed by atoms with Gasteiger partial charge >= 0.3 is 0 Å². The van der Waals surface area contributed by atoms with Crippen molar-refractivity contribution in [2.75, 3.05) is 11.3 Å². The van der Waals surface area contributed by atoms with Gasteiger partial charge in [-0.3, -0.25) is 4.72 Å². The molecule has 102 valence electrons. The van der Waals surface area contributed by atoms with Crippen LogP contribution in [0.25, 0.3) is 0 Å². The average Bonchev–Trinajstić information content (AvgIpc) is 2.24. The third-order valence-electron chi connectivity index (χ3n) is 2.28. The van der Waals surface area contributed by atoms with Crippen molar-refractivity contribution in [1.29, 1.82) is 0 Å². The van der Waals surface area contributed by atoms with Crippen LogP contribution in [0.1, 0.15) is 25.5 Å². The van der Waals surface area contributed by atoms with Crippen LogP contribution in [0, 0.1) is 0 Å². The minimum Gasteiger partial charge on any atom is -0.387 e.